The summed E-state index contributed by atoms with van der Waals surface area (Å²) in [6, 6.07) is 80.1. The Kier molecular flexibility index (Phi) is 7.92. The molecule has 0 aliphatic rings. The molecule has 11 aromatic rings. The van der Waals surface area contributed by atoms with Crippen molar-refractivity contribution in [3.63, 3.8) is 0 Å². The van der Waals surface area contributed by atoms with E-state index >= 15 is 0 Å². The molecule has 0 fully saturated rings. The van der Waals surface area contributed by atoms with E-state index in [1.807, 2.05) is 6.07 Å². The lowest BCUT2D eigenvalue weighted by atomic mass is 9.86. The Bertz CT molecular complexity index is 3260. The van der Waals surface area contributed by atoms with Crippen LogP contribution in [0.2, 0.25) is 0 Å². The number of anilines is 3. The van der Waals surface area contributed by atoms with Crippen LogP contribution in [-0.2, 0) is 0 Å². The largest absolute Gasteiger partial charge is 0.310 e. The molecule has 2 nitrogen and oxygen atoms in total. The van der Waals surface area contributed by atoms with Crippen LogP contribution in [0.15, 0.2) is 230 Å². The maximum Gasteiger partial charge on any atom is 0.0629 e. The number of hydrogen-bond acceptors (Lipinski definition) is 1. The predicted octanol–water partition coefficient (Wildman–Crippen LogP) is 15.6. The van der Waals surface area contributed by atoms with E-state index in [1.54, 1.807) is 0 Å². The number of nitrogens with zero attached hydrogens (tertiary/aromatic N) is 2. The molecule has 0 N–H and O–H groups in total. The van der Waals surface area contributed by atoms with Gasteiger partial charge in [-0.1, -0.05) is 170 Å². The lowest BCUT2D eigenvalue weighted by molar-refractivity contribution is 1.18. The van der Waals surface area contributed by atoms with Crippen molar-refractivity contribution < 1.29 is 1.37 Å². The van der Waals surface area contributed by atoms with Crippen molar-refractivity contribution in [2.45, 2.75) is 0 Å². The zero-order valence-corrected chi connectivity index (χ0v) is 31.8. The van der Waals surface area contributed by atoms with Crippen LogP contribution in [0.25, 0.3) is 82.4 Å². The molecule has 272 valence electrons. The summed E-state index contributed by atoms with van der Waals surface area (Å²) in [5, 5.41) is 7.21. The van der Waals surface area contributed by atoms with Crippen LogP contribution < -0.4 is 4.90 Å². The Morgan fingerprint density at radius 2 is 0.759 bits per heavy atom. The van der Waals surface area contributed by atoms with E-state index in [0.717, 1.165) is 45.0 Å². The van der Waals surface area contributed by atoms with Gasteiger partial charge in [-0.15, -0.1) is 0 Å². The van der Waals surface area contributed by atoms with E-state index in [9.17, 15) is 1.37 Å². The van der Waals surface area contributed by atoms with Crippen LogP contribution in [0.3, 0.4) is 0 Å². The number of benzene rings is 10. The van der Waals surface area contributed by atoms with Gasteiger partial charge in [0.25, 0.3) is 0 Å². The van der Waals surface area contributed by atoms with Crippen LogP contribution in [0, 0.1) is 0 Å². The third kappa shape index (κ3) is 5.66. The molecule has 0 radical (unpaired) electrons. The maximum atomic E-state index is 9.39. The van der Waals surface area contributed by atoms with Crippen molar-refractivity contribution in [2.24, 2.45) is 0 Å². The highest BCUT2D eigenvalue weighted by Crippen LogP contribution is 2.44. The third-order valence-corrected chi connectivity index (χ3v) is 11.5. The van der Waals surface area contributed by atoms with Crippen LogP contribution in [-0.4, -0.2) is 4.57 Å². The summed E-state index contributed by atoms with van der Waals surface area (Å²) in [7, 11) is 0. The van der Waals surface area contributed by atoms with Crippen LogP contribution in [0.1, 0.15) is 1.37 Å². The number of fused-ring (bicyclic) bond motifs is 5. The highest BCUT2D eigenvalue weighted by atomic mass is 15.1. The minimum absolute atomic E-state index is 0.496. The Morgan fingerprint density at radius 3 is 1.38 bits per heavy atom. The SMILES string of the molecule is [2H]c1cc(-c2c3ccccc3c(-c3ccccc3)c3ccccc23)ccc1-c1ccc(N(c2ccccc2)c2ccc3c(c2)c2ccccc2n3-c2ccccc2)cc1. The van der Waals surface area contributed by atoms with Gasteiger partial charge in [-0.3, -0.25) is 0 Å². The topological polar surface area (TPSA) is 8.17 Å². The highest BCUT2D eigenvalue weighted by Gasteiger charge is 2.19. The van der Waals surface area contributed by atoms with Crippen molar-refractivity contribution in [2.75, 3.05) is 4.90 Å². The monoisotopic (exact) mass is 739 g/mol. The number of rotatable bonds is 7. The second kappa shape index (κ2) is 14.1. The van der Waals surface area contributed by atoms with Crippen molar-refractivity contribution in [3.05, 3.63) is 230 Å². The zero-order valence-electron chi connectivity index (χ0n) is 32.8. The lowest BCUT2D eigenvalue weighted by Crippen LogP contribution is -2.09. The molecule has 1 aromatic heterocycles. The standard InChI is InChI=1S/C56H38N2/c1-4-16-41(17-5-1)55-48-23-10-12-25-50(48)56(51-26-13-11-24-49(51)55)42-30-28-39(29-31-42)40-32-34-45(35-33-40)57(43-18-6-2-7-19-43)46-36-37-54-52(38-46)47-22-14-15-27-53(47)58(54)44-20-8-3-9-21-44/h1-38H/i28D. The molecule has 0 aliphatic heterocycles. The summed E-state index contributed by atoms with van der Waals surface area (Å²) in [5.41, 5.74) is 13.3. The van der Waals surface area contributed by atoms with Gasteiger partial charge < -0.3 is 9.47 Å². The molecule has 0 atom stereocenters. The van der Waals surface area contributed by atoms with Gasteiger partial charge in [-0.25, -0.2) is 0 Å². The number of hydrogen-bond donors (Lipinski definition) is 0. The Labute approximate surface area is 339 Å². The van der Waals surface area contributed by atoms with Gasteiger partial charge in [0.2, 0.25) is 0 Å². The quantitative estimate of drug-likeness (QED) is 0.148. The minimum atomic E-state index is 0.496. The van der Waals surface area contributed by atoms with Gasteiger partial charge in [0, 0.05) is 33.5 Å². The highest BCUT2D eigenvalue weighted by molar-refractivity contribution is 6.21. The fourth-order valence-corrected chi connectivity index (χ4v) is 8.88. The molecule has 10 aromatic carbocycles. The van der Waals surface area contributed by atoms with E-state index < -0.39 is 0 Å². The predicted molar refractivity (Wildman–Crippen MR) is 247 cm³/mol. The average Bonchev–Trinajstić information content (AvgIpc) is 3.63. The first-order valence-corrected chi connectivity index (χ1v) is 19.9. The first-order chi connectivity index (χ1) is 29.2. The number of aromatic nitrogens is 1. The van der Waals surface area contributed by atoms with E-state index in [1.165, 1.54) is 54.5 Å². The van der Waals surface area contributed by atoms with Crippen LogP contribution in [0.5, 0.6) is 0 Å². The van der Waals surface area contributed by atoms with Gasteiger partial charge in [-0.05, 0) is 116 Å². The lowest BCUT2D eigenvalue weighted by Gasteiger charge is -2.26. The molecule has 0 aliphatic carbocycles. The van der Waals surface area contributed by atoms with Gasteiger partial charge in [0.05, 0.1) is 12.4 Å². The summed E-state index contributed by atoms with van der Waals surface area (Å²) >= 11 is 0. The molecular formula is C56H38N2. The molecule has 11 rings (SSSR count). The van der Waals surface area contributed by atoms with Gasteiger partial charge in [-0.2, -0.15) is 0 Å². The molecule has 0 amide bonds. The Morgan fingerprint density at radius 1 is 0.310 bits per heavy atom. The van der Waals surface area contributed by atoms with Gasteiger partial charge in [0.1, 0.15) is 0 Å². The molecule has 0 unspecified atom stereocenters. The van der Waals surface area contributed by atoms with Crippen molar-refractivity contribution >= 4 is 60.4 Å². The van der Waals surface area contributed by atoms with Gasteiger partial charge >= 0.3 is 0 Å². The third-order valence-electron chi connectivity index (χ3n) is 11.5. The minimum Gasteiger partial charge on any atom is -0.310 e. The van der Waals surface area contributed by atoms with Crippen LogP contribution in [0.4, 0.5) is 17.1 Å². The Balaban J connectivity index is 0.994. The number of para-hydroxylation sites is 3. The second-order valence-corrected chi connectivity index (χ2v) is 14.8. The van der Waals surface area contributed by atoms with Crippen molar-refractivity contribution in [1.29, 1.82) is 0 Å². The van der Waals surface area contributed by atoms with Crippen LogP contribution >= 0.6 is 0 Å². The summed E-state index contributed by atoms with van der Waals surface area (Å²) < 4.78 is 11.7. The molecule has 0 saturated heterocycles. The fraction of sp³-hybridized carbons (Fsp3) is 0. The zero-order chi connectivity index (χ0) is 39.3. The smallest absolute Gasteiger partial charge is 0.0629 e. The maximum absolute atomic E-state index is 9.39. The van der Waals surface area contributed by atoms with E-state index in [2.05, 4.69) is 228 Å². The summed E-state index contributed by atoms with van der Waals surface area (Å²) in [6.07, 6.45) is 0. The molecule has 0 bridgehead atoms. The summed E-state index contributed by atoms with van der Waals surface area (Å²) in [4.78, 5) is 2.32. The van der Waals surface area contributed by atoms with Gasteiger partial charge in [0.15, 0.2) is 0 Å². The van der Waals surface area contributed by atoms with E-state index in [-0.39, 0.29) is 0 Å². The molecule has 0 spiro atoms. The molecule has 0 saturated carbocycles. The molecule has 1 heterocycles. The second-order valence-electron chi connectivity index (χ2n) is 14.8. The molecular weight excluding hydrogens is 701 g/mol. The fourth-order valence-electron chi connectivity index (χ4n) is 8.88. The summed E-state index contributed by atoms with van der Waals surface area (Å²) in [6.45, 7) is 0. The summed E-state index contributed by atoms with van der Waals surface area (Å²) in [5.74, 6) is 0. The normalized spacial score (nSPS) is 11.7. The van der Waals surface area contributed by atoms with E-state index in [4.69, 9.17) is 0 Å². The van der Waals surface area contributed by atoms with Crippen molar-refractivity contribution in [3.8, 4) is 39.1 Å². The molecule has 58 heavy (non-hydrogen) atoms. The first-order valence-electron chi connectivity index (χ1n) is 20.4. The van der Waals surface area contributed by atoms with E-state index in [0.29, 0.717) is 6.04 Å². The average molecular weight is 740 g/mol. The Hall–Kier alpha value is -7.68. The first kappa shape index (κ1) is 32.6. The molecule has 2 heteroatoms. The van der Waals surface area contributed by atoms with Crippen molar-refractivity contribution in [1.82, 2.24) is 4.57 Å².